The standard InChI is InChI=1S/C11H14ClNO4S2/c1-11(10(14)15)5-2-6-13(7-11)19(16,17)9-4-3-8(12)18-9/h3-4H,2,5-7H2,1H3,(H,14,15). The summed E-state index contributed by atoms with van der Waals surface area (Å²) < 4.78 is 26.6. The van der Waals surface area contributed by atoms with Crippen LogP contribution in [-0.2, 0) is 14.8 Å². The van der Waals surface area contributed by atoms with Crippen molar-refractivity contribution < 1.29 is 18.3 Å². The van der Waals surface area contributed by atoms with E-state index in [-0.39, 0.29) is 10.8 Å². The van der Waals surface area contributed by atoms with Gasteiger partial charge in [-0.2, -0.15) is 4.31 Å². The maximum absolute atomic E-state index is 12.4. The Morgan fingerprint density at radius 1 is 1.53 bits per heavy atom. The zero-order valence-electron chi connectivity index (χ0n) is 10.3. The van der Waals surface area contributed by atoms with Crippen molar-refractivity contribution in [1.29, 1.82) is 0 Å². The number of carboxylic acid groups (broad SMARTS) is 1. The van der Waals surface area contributed by atoms with Crippen molar-refractivity contribution in [2.24, 2.45) is 5.41 Å². The van der Waals surface area contributed by atoms with E-state index in [0.29, 0.717) is 23.7 Å². The fourth-order valence-electron chi connectivity index (χ4n) is 2.14. The Morgan fingerprint density at radius 2 is 2.21 bits per heavy atom. The number of hydrogen-bond acceptors (Lipinski definition) is 4. The third kappa shape index (κ3) is 2.79. The molecule has 0 bridgehead atoms. The van der Waals surface area contributed by atoms with Gasteiger partial charge in [-0.15, -0.1) is 11.3 Å². The molecule has 1 unspecified atom stereocenters. The van der Waals surface area contributed by atoms with E-state index in [2.05, 4.69) is 0 Å². The van der Waals surface area contributed by atoms with E-state index in [1.165, 1.54) is 16.4 Å². The number of nitrogens with zero attached hydrogens (tertiary/aromatic N) is 1. The van der Waals surface area contributed by atoms with E-state index in [1.807, 2.05) is 0 Å². The average molecular weight is 324 g/mol. The summed E-state index contributed by atoms with van der Waals surface area (Å²) in [7, 11) is -3.64. The van der Waals surface area contributed by atoms with E-state index >= 15 is 0 Å². The van der Waals surface area contributed by atoms with Crippen LogP contribution in [0.4, 0.5) is 0 Å². The zero-order chi connectivity index (χ0) is 14.3. The predicted octanol–water partition coefficient (Wildman–Crippen LogP) is 2.28. The molecule has 2 rings (SSSR count). The third-order valence-electron chi connectivity index (χ3n) is 3.32. The molecular weight excluding hydrogens is 310 g/mol. The number of halogens is 1. The van der Waals surface area contributed by atoms with Gasteiger partial charge in [-0.1, -0.05) is 11.6 Å². The van der Waals surface area contributed by atoms with Crippen molar-refractivity contribution in [2.45, 2.75) is 24.0 Å². The van der Waals surface area contributed by atoms with Gasteiger partial charge >= 0.3 is 5.97 Å². The number of aliphatic carboxylic acids is 1. The summed E-state index contributed by atoms with van der Waals surface area (Å²) >= 11 is 6.74. The van der Waals surface area contributed by atoms with Crippen LogP contribution < -0.4 is 0 Å². The maximum Gasteiger partial charge on any atom is 0.310 e. The first-order valence-electron chi connectivity index (χ1n) is 5.75. The van der Waals surface area contributed by atoms with Gasteiger partial charge in [0.1, 0.15) is 4.21 Å². The highest BCUT2D eigenvalue weighted by Crippen LogP contribution is 2.35. The summed E-state index contributed by atoms with van der Waals surface area (Å²) in [6.45, 7) is 1.93. The molecule has 1 N–H and O–H groups in total. The minimum Gasteiger partial charge on any atom is -0.481 e. The Kier molecular flexibility index (Phi) is 3.92. The Balaban J connectivity index is 2.29. The van der Waals surface area contributed by atoms with E-state index in [0.717, 1.165) is 11.3 Å². The highest BCUT2D eigenvalue weighted by atomic mass is 35.5. The molecule has 0 amide bonds. The number of thiophene rings is 1. The van der Waals surface area contributed by atoms with Crippen LogP contribution in [-0.4, -0.2) is 36.9 Å². The molecule has 8 heteroatoms. The highest BCUT2D eigenvalue weighted by Gasteiger charge is 2.42. The number of carboxylic acids is 1. The lowest BCUT2D eigenvalue weighted by Gasteiger charge is -2.36. The van der Waals surface area contributed by atoms with Crippen molar-refractivity contribution in [3.05, 3.63) is 16.5 Å². The lowest BCUT2D eigenvalue weighted by atomic mass is 9.83. The molecule has 0 aromatic carbocycles. The van der Waals surface area contributed by atoms with Crippen LogP contribution in [0.2, 0.25) is 4.34 Å². The van der Waals surface area contributed by atoms with Crippen molar-refractivity contribution in [1.82, 2.24) is 4.31 Å². The molecule has 0 spiro atoms. The van der Waals surface area contributed by atoms with Crippen LogP contribution in [0.1, 0.15) is 19.8 Å². The van der Waals surface area contributed by atoms with Gasteiger partial charge in [-0.25, -0.2) is 8.42 Å². The van der Waals surface area contributed by atoms with Gasteiger partial charge < -0.3 is 5.11 Å². The third-order valence-corrected chi connectivity index (χ3v) is 6.86. The van der Waals surface area contributed by atoms with Gasteiger partial charge in [0.15, 0.2) is 0 Å². The molecule has 5 nitrogen and oxygen atoms in total. The molecule has 1 aromatic rings. The number of sulfonamides is 1. The molecule has 1 aliphatic rings. The lowest BCUT2D eigenvalue weighted by Crippen LogP contribution is -2.48. The van der Waals surface area contributed by atoms with Gasteiger partial charge in [-0.05, 0) is 31.9 Å². The molecule has 1 atom stereocenters. The Morgan fingerprint density at radius 3 is 2.74 bits per heavy atom. The number of hydrogen-bond donors (Lipinski definition) is 1. The van der Waals surface area contributed by atoms with E-state index < -0.39 is 21.4 Å². The minimum atomic E-state index is -3.64. The first-order chi connectivity index (χ1) is 8.75. The summed E-state index contributed by atoms with van der Waals surface area (Å²) in [6.07, 6.45) is 1.03. The molecule has 1 aliphatic heterocycles. The predicted molar refractivity (Wildman–Crippen MR) is 73.1 cm³/mol. The fourth-order valence-corrected chi connectivity index (χ4v) is 5.38. The quantitative estimate of drug-likeness (QED) is 0.926. The van der Waals surface area contributed by atoms with Crippen molar-refractivity contribution in [2.75, 3.05) is 13.1 Å². The zero-order valence-corrected chi connectivity index (χ0v) is 12.7. The molecule has 1 fully saturated rings. The Labute approximate surface area is 120 Å². The van der Waals surface area contributed by atoms with Crippen LogP contribution in [0.15, 0.2) is 16.3 Å². The Hall–Kier alpha value is -0.630. The van der Waals surface area contributed by atoms with Crippen LogP contribution in [0.25, 0.3) is 0 Å². The summed E-state index contributed by atoms with van der Waals surface area (Å²) in [6, 6.07) is 2.98. The largest absolute Gasteiger partial charge is 0.481 e. The topological polar surface area (TPSA) is 74.7 Å². The van der Waals surface area contributed by atoms with Gasteiger partial charge in [0, 0.05) is 13.1 Å². The van der Waals surface area contributed by atoms with Gasteiger partial charge in [-0.3, -0.25) is 4.79 Å². The SMILES string of the molecule is CC1(C(=O)O)CCCN(S(=O)(=O)c2ccc(Cl)s2)C1. The molecule has 106 valence electrons. The van der Waals surface area contributed by atoms with E-state index in [4.69, 9.17) is 11.6 Å². The maximum atomic E-state index is 12.4. The van der Waals surface area contributed by atoms with Gasteiger partial charge in [0.25, 0.3) is 10.0 Å². The molecule has 1 saturated heterocycles. The second-order valence-electron chi connectivity index (χ2n) is 4.87. The van der Waals surface area contributed by atoms with Crippen LogP contribution >= 0.6 is 22.9 Å². The van der Waals surface area contributed by atoms with Gasteiger partial charge in [0.05, 0.1) is 9.75 Å². The van der Waals surface area contributed by atoms with Crippen LogP contribution in [0.5, 0.6) is 0 Å². The number of carbonyl (C=O) groups is 1. The van der Waals surface area contributed by atoms with E-state index in [9.17, 15) is 18.3 Å². The van der Waals surface area contributed by atoms with Gasteiger partial charge in [0.2, 0.25) is 0 Å². The first kappa shape index (κ1) is 14.8. The van der Waals surface area contributed by atoms with E-state index in [1.54, 1.807) is 6.92 Å². The summed E-state index contributed by atoms with van der Waals surface area (Å²) in [5, 5.41) is 9.22. The normalized spacial score (nSPS) is 25.4. The average Bonchev–Trinajstić information content (AvgIpc) is 2.76. The van der Waals surface area contributed by atoms with Crippen molar-refractivity contribution in [3.63, 3.8) is 0 Å². The second-order valence-corrected chi connectivity index (χ2v) is 8.75. The second kappa shape index (κ2) is 5.05. The molecule has 0 radical (unpaired) electrons. The van der Waals surface area contributed by atoms with Crippen LogP contribution in [0, 0.1) is 5.41 Å². The molecule has 0 aliphatic carbocycles. The number of piperidine rings is 1. The molecule has 0 saturated carbocycles. The molecular formula is C11H14ClNO4S2. The molecule has 1 aromatic heterocycles. The highest BCUT2D eigenvalue weighted by molar-refractivity contribution is 7.91. The monoisotopic (exact) mass is 323 g/mol. The first-order valence-corrected chi connectivity index (χ1v) is 8.38. The molecule has 19 heavy (non-hydrogen) atoms. The summed E-state index contributed by atoms with van der Waals surface area (Å²) in [5.41, 5.74) is -1.02. The smallest absolute Gasteiger partial charge is 0.310 e. The Bertz CT molecular complexity index is 598. The summed E-state index contributed by atoms with van der Waals surface area (Å²) in [4.78, 5) is 11.2. The summed E-state index contributed by atoms with van der Waals surface area (Å²) in [5.74, 6) is -0.961. The number of rotatable bonds is 3. The van der Waals surface area contributed by atoms with Crippen molar-refractivity contribution in [3.8, 4) is 0 Å². The van der Waals surface area contributed by atoms with Crippen molar-refractivity contribution >= 4 is 38.9 Å². The fraction of sp³-hybridized carbons (Fsp3) is 0.545. The minimum absolute atomic E-state index is 0.000184. The lowest BCUT2D eigenvalue weighted by molar-refractivity contribution is -0.150. The molecule has 2 heterocycles. The van der Waals surface area contributed by atoms with Crippen LogP contribution in [0.3, 0.4) is 0 Å².